The summed E-state index contributed by atoms with van der Waals surface area (Å²) in [5, 5.41) is 14.9. The largest absolute Gasteiger partial charge is 0.325 e. The Balaban J connectivity index is 2.22. The Morgan fingerprint density at radius 3 is 2.75 bits per heavy atom. The Hall–Kier alpha value is -1.90. The highest BCUT2D eigenvalue weighted by Gasteiger charge is 2.05. The first-order chi connectivity index (χ1) is 9.63. The van der Waals surface area contributed by atoms with Gasteiger partial charge in [-0.25, -0.2) is 0 Å². The van der Waals surface area contributed by atoms with Crippen molar-refractivity contribution in [1.29, 1.82) is 5.26 Å². The molecule has 1 aromatic rings. The summed E-state index contributed by atoms with van der Waals surface area (Å²) in [6.07, 6.45) is 1.47. The molecule has 2 N–H and O–H groups in total. The van der Waals surface area contributed by atoms with Gasteiger partial charge in [-0.05, 0) is 45.7 Å². The van der Waals surface area contributed by atoms with E-state index in [1.165, 1.54) is 0 Å². The number of carbonyl (C=O) groups is 1. The van der Waals surface area contributed by atoms with Crippen LogP contribution in [0.5, 0.6) is 0 Å². The van der Waals surface area contributed by atoms with Gasteiger partial charge < -0.3 is 15.5 Å². The summed E-state index contributed by atoms with van der Waals surface area (Å²) in [6, 6.07) is 9.07. The minimum absolute atomic E-state index is 0.0761. The van der Waals surface area contributed by atoms with Crippen LogP contribution in [-0.2, 0) is 4.79 Å². The third kappa shape index (κ3) is 6.32. The summed E-state index contributed by atoms with van der Waals surface area (Å²) in [6.45, 7) is 2.59. The van der Waals surface area contributed by atoms with E-state index in [4.69, 9.17) is 5.26 Å². The van der Waals surface area contributed by atoms with Crippen LogP contribution in [0.3, 0.4) is 0 Å². The van der Waals surface area contributed by atoms with E-state index >= 15 is 0 Å². The fourth-order valence-electron chi connectivity index (χ4n) is 1.75. The smallest absolute Gasteiger partial charge is 0.225 e. The van der Waals surface area contributed by atoms with Crippen LogP contribution < -0.4 is 10.6 Å². The molecular weight excluding hydrogens is 252 g/mol. The van der Waals surface area contributed by atoms with Gasteiger partial charge in [-0.2, -0.15) is 5.26 Å². The number of nitriles is 1. The third-order valence-corrected chi connectivity index (χ3v) is 2.81. The summed E-state index contributed by atoms with van der Waals surface area (Å²) in [7, 11) is 4.08. The molecule has 0 saturated heterocycles. The zero-order valence-corrected chi connectivity index (χ0v) is 12.1. The highest BCUT2D eigenvalue weighted by Crippen LogP contribution is 2.13. The molecule has 0 saturated carbocycles. The fourth-order valence-corrected chi connectivity index (χ4v) is 1.75. The SMILES string of the molecule is CN(C)CCCNCCC(=O)Nc1ccccc1C#N. The first kappa shape index (κ1) is 16.2. The minimum atomic E-state index is -0.0761. The van der Waals surface area contributed by atoms with Crippen molar-refractivity contribution < 1.29 is 4.79 Å². The Labute approximate surface area is 120 Å². The first-order valence-electron chi connectivity index (χ1n) is 6.78. The number of para-hydroxylation sites is 1. The second-order valence-corrected chi connectivity index (χ2v) is 4.86. The van der Waals surface area contributed by atoms with E-state index in [-0.39, 0.29) is 5.91 Å². The number of benzene rings is 1. The number of anilines is 1. The summed E-state index contributed by atoms with van der Waals surface area (Å²) >= 11 is 0. The summed E-state index contributed by atoms with van der Waals surface area (Å²) in [4.78, 5) is 13.9. The molecule has 0 unspecified atom stereocenters. The molecule has 0 heterocycles. The van der Waals surface area contributed by atoms with E-state index < -0.39 is 0 Å². The van der Waals surface area contributed by atoms with Crippen molar-refractivity contribution in [3.63, 3.8) is 0 Å². The van der Waals surface area contributed by atoms with E-state index in [2.05, 4.69) is 21.6 Å². The molecule has 0 aromatic heterocycles. The summed E-state index contributed by atoms with van der Waals surface area (Å²) in [5.41, 5.74) is 1.06. The van der Waals surface area contributed by atoms with Gasteiger partial charge in [-0.1, -0.05) is 12.1 Å². The van der Waals surface area contributed by atoms with Crippen molar-refractivity contribution in [1.82, 2.24) is 10.2 Å². The van der Waals surface area contributed by atoms with Gasteiger partial charge >= 0.3 is 0 Å². The molecule has 1 amide bonds. The van der Waals surface area contributed by atoms with Crippen LogP contribution in [0.25, 0.3) is 0 Å². The van der Waals surface area contributed by atoms with Crippen molar-refractivity contribution in [3.05, 3.63) is 29.8 Å². The number of carbonyl (C=O) groups excluding carboxylic acids is 1. The van der Waals surface area contributed by atoms with Gasteiger partial charge in [0.2, 0.25) is 5.91 Å². The molecule has 0 aliphatic carbocycles. The van der Waals surface area contributed by atoms with Crippen molar-refractivity contribution in [2.45, 2.75) is 12.8 Å². The van der Waals surface area contributed by atoms with E-state index in [1.807, 2.05) is 14.1 Å². The lowest BCUT2D eigenvalue weighted by molar-refractivity contribution is -0.116. The molecule has 5 heteroatoms. The van der Waals surface area contributed by atoms with Crippen LogP contribution in [0.15, 0.2) is 24.3 Å². The van der Waals surface area contributed by atoms with Crippen LogP contribution in [0.4, 0.5) is 5.69 Å². The Morgan fingerprint density at radius 2 is 2.05 bits per heavy atom. The molecule has 0 aliphatic heterocycles. The molecule has 0 radical (unpaired) electrons. The maximum Gasteiger partial charge on any atom is 0.225 e. The molecule has 1 aromatic carbocycles. The van der Waals surface area contributed by atoms with E-state index in [0.29, 0.717) is 24.2 Å². The van der Waals surface area contributed by atoms with Crippen LogP contribution >= 0.6 is 0 Å². The van der Waals surface area contributed by atoms with E-state index in [9.17, 15) is 4.79 Å². The molecule has 1 rings (SSSR count). The van der Waals surface area contributed by atoms with Gasteiger partial charge in [0, 0.05) is 13.0 Å². The zero-order chi connectivity index (χ0) is 14.8. The second kappa shape index (κ2) is 9.08. The van der Waals surface area contributed by atoms with Gasteiger partial charge in [0.1, 0.15) is 6.07 Å². The molecule has 20 heavy (non-hydrogen) atoms. The third-order valence-electron chi connectivity index (χ3n) is 2.81. The fraction of sp³-hybridized carbons (Fsp3) is 0.467. The topological polar surface area (TPSA) is 68.2 Å². The van der Waals surface area contributed by atoms with Gasteiger partial charge in [0.05, 0.1) is 11.3 Å². The van der Waals surface area contributed by atoms with Crippen LogP contribution in [0, 0.1) is 11.3 Å². The predicted octanol–water partition coefficient (Wildman–Crippen LogP) is 1.43. The number of nitrogens with zero attached hydrogens (tertiary/aromatic N) is 2. The standard InChI is InChI=1S/C15H22N4O/c1-19(2)11-5-9-17-10-8-15(20)18-14-7-4-3-6-13(14)12-16/h3-4,6-7,17H,5,8-11H2,1-2H3,(H,18,20). The minimum Gasteiger partial charge on any atom is -0.325 e. The van der Waals surface area contributed by atoms with Crippen molar-refractivity contribution in [2.75, 3.05) is 39.0 Å². The Kier molecular flexibility index (Phi) is 7.33. The maximum absolute atomic E-state index is 11.8. The van der Waals surface area contributed by atoms with Gasteiger partial charge in [0.15, 0.2) is 0 Å². The lowest BCUT2D eigenvalue weighted by Gasteiger charge is -2.10. The lowest BCUT2D eigenvalue weighted by atomic mass is 10.2. The quantitative estimate of drug-likeness (QED) is 0.704. The van der Waals surface area contributed by atoms with E-state index in [0.717, 1.165) is 19.5 Å². The summed E-state index contributed by atoms with van der Waals surface area (Å²) < 4.78 is 0. The lowest BCUT2D eigenvalue weighted by Crippen LogP contribution is -2.25. The molecule has 0 aliphatic rings. The normalized spacial score (nSPS) is 10.3. The van der Waals surface area contributed by atoms with Crippen molar-refractivity contribution >= 4 is 11.6 Å². The molecule has 0 spiro atoms. The van der Waals surface area contributed by atoms with Crippen LogP contribution in [0.2, 0.25) is 0 Å². The van der Waals surface area contributed by atoms with Gasteiger partial charge in [-0.15, -0.1) is 0 Å². The average Bonchev–Trinajstić information content (AvgIpc) is 2.43. The molecule has 5 nitrogen and oxygen atoms in total. The molecule has 108 valence electrons. The highest BCUT2D eigenvalue weighted by molar-refractivity contribution is 5.92. The molecule has 0 atom stereocenters. The zero-order valence-electron chi connectivity index (χ0n) is 12.1. The number of rotatable bonds is 8. The molecule has 0 fully saturated rings. The van der Waals surface area contributed by atoms with E-state index in [1.54, 1.807) is 24.3 Å². The number of amides is 1. The Morgan fingerprint density at radius 1 is 1.30 bits per heavy atom. The monoisotopic (exact) mass is 274 g/mol. The number of hydrogen-bond donors (Lipinski definition) is 2. The van der Waals surface area contributed by atoms with Gasteiger partial charge in [-0.3, -0.25) is 4.79 Å². The first-order valence-corrected chi connectivity index (χ1v) is 6.78. The van der Waals surface area contributed by atoms with Crippen molar-refractivity contribution in [3.8, 4) is 6.07 Å². The average molecular weight is 274 g/mol. The number of hydrogen-bond acceptors (Lipinski definition) is 4. The molecular formula is C15H22N4O. The maximum atomic E-state index is 11.8. The highest BCUT2D eigenvalue weighted by atomic mass is 16.1. The molecule has 0 bridgehead atoms. The Bertz CT molecular complexity index is 465. The van der Waals surface area contributed by atoms with Gasteiger partial charge in [0.25, 0.3) is 0 Å². The number of nitrogens with one attached hydrogen (secondary N) is 2. The van der Waals surface area contributed by atoms with Crippen LogP contribution in [0.1, 0.15) is 18.4 Å². The van der Waals surface area contributed by atoms with Crippen molar-refractivity contribution in [2.24, 2.45) is 0 Å². The summed E-state index contributed by atoms with van der Waals surface area (Å²) in [5.74, 6) is -0.0761. The van der Waals surface area contributed by atoms with Crippen LogP contribution in [-0.4, -0.2) is 44.5 Å². The predicted molar refractivity (Wildman–Crippen MR) is 80.4 cm³/mol. The second-order valence-electron chi connectivity index (χ2n) is 4.86.